The first-order chi connectivity index (χ1) is 8.90. The molecule has 1 saturated carbocycles. The van der Waals surface area contributed by atoms with E-state index < -0.39 is 23.6 Å². The Kier molecular flexibility index (Phi) is 3.21. The van der Waals surface area contributed by atoms with Crippen LogP contribution in [0, 0.1) is 22.6 Å². The molecule has 2 rings (SSSR count). The molecule has 0 aliphatic heterocycles. The van der Waals surface area contributed by atoms with Crippen molar-refractivity contribution in [1.29, 1.82) is 0 Å². The molecule has 1 fully saturated rings. The van der Waals surface area contributed by atoms with E-state index in [1.807, 2.05) is 27.7 Å². The summed E-state index contributed by atoms with van der Waals surface area (Å²) in [5.74, 6) is -1.19. The largest absolute Gasteiger partial charge is 0.419 e. The lowest BCUT2D eigenvalue weighted by atomic mass is 9.95. The van der Waals surface area contributed by atoms with Gasteiger partial charge in [0.15, 0.2) is 0 Å². The minimum absolute atomic E-state index is 0.0425. The smallest absolute Gasteiger partial charge is 0.324 e. The van der Waals surface area contributed by atoms with Gasteiger partial charge in [0.05, 0.1) is 5.56 Å². The van der Waals surface area contributed by atoms with Crippen LogP contribution in [-0.2, 0) is 6.18 Å². The van der Waals surface area contributed by atoms with Gasteiger partial charge in [-0.2, -0.15) is 13.2 Å². The average Bonchev–Trinajstić information content (AvgIpc) is 2.67. The van der Waals surface area contributed by atoms with Gasteiger partial charge in [0.1, 0.15) is 5.82 Å². The molecule has 2 N–H and O–H groups in total. The van der Waals surface area contributed by atoms with Crippen molar-refractivity contribution >= 4 is 0 Å². The van der Waals surface area contributed by atoms with E-state index in [0.29, 0.717) is 5.56 Å². The Balaban J connectivity index is 2.36. The van der Waals surface area contributed by atoms with Crippen LogP contribution in [0.25, 0.3) is 0 Å². The van der Waals surface area contributed by atoms with Gasteiger partial charge in [-0.25, -0.2) is 4.39 Å². The lowest BCUT2D eigenvalue weighted by Gasteiger charge is -2.17. The minimum Gasteiger partial charge on any atom is -0.324 e. The maximum Gasteiger partial charge on any atom is 0.419 e. The van der Waals surface area contributed by atoms with Gasteiger partial charge in [0, 0.05) is 6.04 Å². The van der Waals surface area contributed by atoms with E-state index in [9.17, 15) is 17.6 Å². The van der Waals surface area contributed by atoms with Gasteiger partial charge in [-0.1, -0.05) is 33.8 Å². The molecule has 1 nitrogen and oxygen atoms in total. The molecule has 1 aromatic carbocycles. The summed E-state index contributed by atoms with van der Waals surface area (Å²) >= 11 is 0. The Morgan fingerprint density at radius 1 is 1.10 bits per heavy atom. The monoisotopic (exact) mass is 289 g/mol. The summed E-state index contributed by atoms with van der Waals surface area (Å²) in [5, 5.41) is 0. The van der Waals surface area contributed by atoms with Crippen molar-refractivity contribution in [3.8, 4) is 0 Å². The molecule has 1 aliphatic carbocycles. The van der Waals surface area contributed by atoms with Crippen molar-refractivity contribution in [2.75, 3.05) is 0 Å². The third kappa shape index (κ3) is 2.12. The van der Waals surface area contributed by atoms with Crippen molar-refractivity contribution in [1.82, 2.24) is 0 Å². The second-order valence-electron chi connectivity index (χ2n) is 6.68. The van der Waals surface area contributed by atoms with Crippen LogP contribution in [0.4, 0.5) is 17.6 Å². The predicted octanol–water partition coefficient (Wildman–Crippen LogP) is 4.53. The summed E-state index contributed by atoms with van der Waals surface area (Å²) in [6.45, 7) is 8.19. The van der Waals surface area contributed by atoms with Crippen LogP contribution >= 0.6 is 0 Å². The highest BCUT2D eigenvalue weighted by Crippen LogP contribution is 2.71. The molecule has 0 bridgehead atoms. The number of halogens is 4. The average molecular weight is 289 g/mol. The summed E-state index contributed by atoms with van der Waals surface area (Å²) < 4.78 is 51.5. The fourth-order valence-electron chi connectivity index (χ4n) is 3.31. The van der Waals surface area contributed by atoms with Crippen molar-refractivity contribution in [3.63, 3.8) is 0 Å². The maximum absolute atomic E-state index is 13.3. The molecule has 0 amide bonds. The van der Waals surface area contributed by atoms with Crippen LogP contribution in [0.1, 0.15) is 44.9 Å². The van der Waals surface area contributed by atoms with Crippen molar-refractivity contribution in [2.24, 2.45) is 22.5 Å². The highest BCUT2D eigenvalue weighted by Gasteiger charge is 2.66. The van der Waals surface area contributed by atoms with E-state index in [1.165, 1.54) is 6.07 Å². The number of hydrogen-bond acceptors (Lipinski definition) is 1. The predicted molar refractivity (Wildman–Crippen MR) is 69.4 cm³/mol. The fraction of sp³-hybridized carbons (Fsp3) is 0.600. The first-order valence-electron chi connectivity index (χ1n) is 6.53. The summed E-state index contributed by atoms with van der Waals surface area (Å²) in [4.78, 5) is 0. The summed E-state index contributed by atoms with van der Waals surface area (Å²) in [5.41, 5.74) is 5.13. The number of rotatable bonds is 2. The molecule has 0 aromatic heterocycles. The van der Waals surface area contributed by atoms with Crippen LogP contribution in [0.2, 0.25) is 0 Å². The van der Waals surface area contributed by atoms with Crippen molar-refractivity contribution in [3.05, 3.63) is 35.1 Å². The van der Waals surface area contributed by atoms with Crippen LogP contribution in [0.3, 0.4) is 0 Å². The quantitative estimate of drug-likeness (QED) is 0.795. The molecule has 5 heteroatoms. The molecule has 1 atom stereocenters. The van der Waals surface area contributed by atoms with Gasteiger partial charge >= 0.3 is 6.18 Å². The highest BCUT2D eigenvalue weighted by atomic mass is 19.4. The zero-order valence-electron chi connectivity index (χ0n) is 12.0. The molecular formula is C15H19F4N. The van der Waals surface area contributed by atoms with Gasteiger partial charge in [-0.05, 0) is 34.4 Å². The first kappa shape index (κ1) is 15.3. The van der Waals surface area contributed by atoms with Crippen molar-refractivity contribution < 1.29 is 17.6 Å². The third-order valence-corrected chi connectivity index (χ3v) is 5.17. The highest BCUT2D eigenvalue weighted by molar-refractivity contribution is 5.32. The maximum atomic E-state index is 13.3. The summed E-state index contributed by atoms with van der Waals surface area (Å²) in [6, 6.07) is 2.51. The van der Waals surface area contributed by atoms with Crippen LogP contribution in [-0.4, -0.2) is 0 Å². The topological polar surface area (TPSA) is 26.0 Å². The Bertz CT molecular complexity index is 517. The molecule has 1 unspecified atom stereocenters. The van der Waals surface area contributed by atoms with Gasteiger partial charge in [-0.15, -0.1) is 0 Å². The van der Waals surface area contributed by atoms with E-state index in [0.717, 1.165) is 12.1 Å². The van der Waals surface area contributed by atoms with Gasteiger partial charge < -0.3 is 5.73 Å². The molecule has 0 radical (unpaired) electrons. The number of hydrogen-bond donors (Lipinski definition) is 1. The molecular weight excluding hydrogens is 270 g/mol. The number of nitrogens with two attached hydrogens (primary N) is 1. The minimum atomic E-state index is -4.70. The Morgan fingerprint density at radius 2 is 1.60 bits per heavy atom. The van der Waals surface area contributed by atoms with E-state index >= 15 is 0 Å². The van der Waals surface area contributed by atoms with E-state index in [4.69, 9.17) is 5.73 Å². The Labute approximate surface area is 116 Å². The SMILES string of the molecule is CC1(C)C(C(N)c2ccc(F)c(C(F)(F)F)c2)C1(C)C. The second-order valence-corrected chi connectivity index (χ2v) is 6.68. The number of alkyl halides is 3. The van der Waals surface area contributed by atoms with Crippen LogP contribution in [0.15, 0.2) is 18.2 Å². The Morgan fingerprint density at radius 3 is 2.00 bits per heavy atom. The van der Waals surface area contributed by atoms with Crippen LogP contribution in [0.5, 0.6) is 0 Å². The standard InChI is InChI=1S/C15H19F4N/c1-13(2)12(14(13,3)4)11(20)8-5-6-10(16)9(7-8)15(17,18)19/h5-7,11-12H,20H2,1-4H3. The molecule has 0 heterocycles. The van der Waals surface area contributed by atoms with Crippen molar-refractivity contribution in [2.45, 2.75) is 39.9 Å². The first-order valence-corrected chi connectivity index (χ1v) is 6.53. The molecule has 112 valence electrons. The van der Waals surface area contributed by atoms with Gasteiger partial charge in [0.25, 0.3) is 0 Å². The van der Waals surface area contributed by atoms with Crippen LogP contribution < -0.4 is 5.73 Å². The summed E-state index contributed by atoms with van der Waals surface area (Å²) in [7, 11) is 0. The molecule has 1 aliphatic rings. The number of benzene rings is 1. The Hall–Kier alpha value is -1.10. The lowest BCUT2D eigenvalue weighted by Crippen LogP contribution is -2.18. The van der Waals surface area contributed by atoms with E-state index in [1.54, 1.807) is 0 Å². The molecule has 0 saturated heterocycles. The van der Waals surface area contributed by atoms with Gasteiger partial charge in [0.2, 0.25) is 0 Å². The zero-order chi connectivity index (χ0) is 15.5. The summed E-state index contributed by atoms with van der Waals surface area (Å²) in [6.07, 6.45) is -4.70. The van der Waals surface area contributed by atoms with E-state index in [2.05, 4.69) is 0 Å². The van der Waals surface area contributed by atoms with Gasteiger partial charge in [-0.3, -0.25) is 0 Å². The molecule has 1 aromatic rings. The molecule has 0 spiro atoms. The lowest BCUT2D eigenvalue weighted by molar-refractivity contribution is -0.140. The second kappa shape index (κ2) is 4.20. The normalized spacial score (nSPS) is 22.6. The zero-order valence-corrected chi connectivity index (χ0v) is 12.0. The third-order valence-electron chi connectivity index (χ3n) is 5.17. The molecule has 20 heavy (non-hydrogen) atoms. The fourth-order valence-corrected chi connectivity index (χ4v) is 3.31. The van der Waals surface area contributed by atoms with E-state index in [-0.39, 0.29) is 16.7 Å².